The van der Waals surface area contributed by atoms with Crippen molar-refractivity contribution in [1.29, 1.82) is 0 Å². The molecule has 0 radical (unpaired) electrons. The Morgan fingerprint density at radius 2 is 2.17 bits per heavy atom. The molecule has 1 heterocycles. The smallest absolute Gasteiger partial charge is 0.193 e. The fourth-order valence-electron chi connectivity index (χ4n) is 3.18. The van der Waals surface area contributed by atoms with E-state index >= 15 is 0 Å². The molecule has 6 heteroatoms. The molecule has 0 amide bonds. The SMILES string of the molecule is CCN1CCCC(CNC(=NC)N(C)Cc2ccccc2Cl)C1.I. The Balaban J connectivity index is 0.00000288. The van der Waals surface area contributed by atoms with Crippen molar-refractivity contribution in [2.24, 2.45) is 10.9 Å². The van der Waals surface area contributed by atoms with E-state index in [2.05, 4.69) is 40.1 Å². The number of piperidine rings is 1. The van der Waals surface area contributed by atoms with Crippen LogP contribution in [-0.2, 0) is 6.54 Å². The topological polar surface area (TPSA) is 30.9 Å². The summed E-state index contributed by atoms with van der Waals surface area (Å²) in [5, 5.41) is 4.34. The van der Waals surface area contributed by atoms with Crippen molar-refractivity contribution in [1.82, 2.24) is 15.1 Å². The number of rotatable bonds is 5. The lowest BCUT2D eigenvalue weighted by molar-refractivity contribution is 0.183. The molecule has 0 bridgehead atoms. The third-order valence-corrected chi connectivity index (χ3v) is 4.91. The summed E-state index contributed by atoms with van der Waals surface area (Å²) in [4.78, 5) is 9.07. The zero-order valence-corrected chi connectivity index (χ0v) is 18.1. The van der Waals surface area contributed by atoms with Crippen LogP contribution in [0.15, 0.2) is 29.3 Å². The first-order valence-electron chi connectivity index (χ1n) is 8.51. The Morgan fingerprint density at radius 3 is 2.83 bits per heavy atom. The maximum Gasteiger partial charge on any atom is 0.193 e. The Bertz CT molecular complexity index is 523. The zero-order valence-electron chi connectivity index (χ0n) is 15.0. The molecule has 1 fully saturated rings. The van der Waals surface area contributed by atoms with Gasteiger partial charge in [-0.2, -0.15) is 0 Å². The first-order valence-corrected chi connectivity index (χ1v) is 8.89. The quantitative estimate of drug-likeness (QED) is 0.409. The molecule has 1 aliphatic rings. The lowest BCUT2D eigenvalue weighted by Crippen LogP contribution is -2.44. The molecule has 1 atom stereocenters. The average Bonchev–Trinajstić information content (AvgIpc) is 2.57. The molecule has 1 aromatic carbocycles. The number of aliphatic imine (C=N–C) groups is 1. The van der Waals surface area contributed by atoms with Gasteiger partial charge in [0.15, 0.2) is 5.96 Å². The van der Waals surface area contributed by atoms with E-state index in [1.165, 1.54) is 25.9 Å². The van der Waals surface area contributed by atoms with E-state index in [-0.39, 0.29) is 24.0 Å². The first-order chi connectivity index (χ1) is 11.1. The van der Waals surface area contributed by atoms with Crippen LogP contribution in [0, 0.1) is 5.92 Å². The molecule has 1 aliphatic heterocycles. The van der Waals surface area contributed by atoms with Gasteiger partial charge in [-0.25, -0.2) is 0 Å². The van der Waals surface area contributed by atoms with E-state index in [1.807, 2.05) is 25.2 Å². The van der Waals surface area contributed by atoms with Crippen LogP contribution >= 0.6 is 35.6 Å². The van der Waals surface area contributed by atoms with Crippen molar-refractivity contribution in [3.8, 4) is 0 Å². The van der Waals surface area contributed by atoms with Crippen LogP contribution in [-0.4, -0.2) is 56.0 Å². The van der Waals surface area contributed by atoms with Crippen molar-refractivity contribution >= 4 is 41.5 Å². The highest BCUT2D eigenvalue weighted by atomic mass is 127. The molecule has 2 rings (SSSR count). The van der Waals surface area contributed by atoms with Gasteiger partial charge in [0.05, 0.1) is 0 Å². The zero-order chi connectivity index (χ0) is 16.7. The van der Waals surface area contributed by atoms with Crippen LogP contribution in [0.3, 0.4) is 0 Å². The molecular weight excluding hydrogens is 435 g/mol. The van der Waals surface area contributed by atoms with Crippen LogP contribution in [0.2, 0.25) is 5.02 Å². The minimum absolute atomic E-state index is 0. The summed E-state index contributed by atoms with van der Waals surface area (Å²) in [6, 6.07) is 7.97. The molecular formula is C18H30ClIN4. The first kappa shape index (κ1) is 21.5. The number of nitrogens with zero attached hydrogens (tertiary/aromatic N) is 3. The fourth-order valence-corrected chi connectivity index (χ4v) is 3.38. The van der Waals surface area contributed by atoms with Crippen LogP contribution in [0.4, 0.5) is 0 Å². The second-order valence-corrected chi connectivity index (χ2v) is 6.68. The van der Waals surface area contributed by atoms with Crippen molar-refractivity contribution < 1.29 is 0 Å². The predicted octanol–water partition coefficient (Wildman–Crippen LogP) is 3.70. The summed E-state index contributed by atoms with van der Waals surface area (Å²) in [6.07, 6.45) is 2.60. The predicted molar refractivity (Wildman–Crippen MR) is 115 cm³/mol. The number of nitrogens with one attached hydrogen (secondary N) is 1. The van der Waals surface area contributed by atoms with Crippen LogP contribution in [0.25, 0.3) is 0 Å². The Labute approximate surface area is 168 Å². The summed E-state index contributed by atoms with van der Waals surface area (Å²) in [6.45, 7) is 7.56. The number of benzene rings is 1. The third kappa shape index (κ3) is 6.41. The van der Waals surface area contributed by atoms with Gasteiger partial charge in [-0.15, -0.1) is 24.0 Å². The normalized spacial score (nSPS) is 18.8. The van der Waals surface area contributed by atoms with Gasteiger partial charge >= 0.3 is 0 Å². The van der Waals surface area contributed by atoms with Crippen LogP contribution in [0.1, 0.15) is 25.3 Å². The minimum atomic E-state index is 0. The summed E-state index contributed by atoms with van der Waals surface area (Å²) in [7, 11) is 3.89. The second kappa shape index (κ2) is 11.2. The lowest BCUT2D eigenvalue weighted by Gasteiger charge is -2.33. The van der Waals surface area contributed by atoms with E-state index in [0.717, 1.165) is 36.2 Å². The number of guanidine groups is 1. The van der Waals surface area contributed by atoms with Gasteiger partial charge in [0, 0.05) is 38.8 Å². The molecule has 0 spiro atoms. The van der Waals surface area contributed by atoms with E-state index in [1.54, 1.807) is 0 Å². The van der Waals surface area contributed by atoms with Crippen molar-refractivity contribution in [2.75, 3.05) is 40.3 Å². The summed E-state index contributed by atoms with van der Waals surface area (Å²) < 4.78 is 0. The molecule has 24 heavy (non-hydrogen) atoms. The largest absolute Gasteiger partial charge is 0.356 e. The van der Waals surface area contributed by atoms with Gasteiger partial charge in [0.2, 0.25) is 0 Å². The fraction of sp³-hybridized carbons (Fsp3) is 0.611. The van der Waals surface area contributed by atoms with Crippen LogP contribution < -0.4 is 5.32 Å². The Morgan fingerprint density at radius 1 is 1.42 bits per heavy atom. The highest BCUT2D eigenvalue weighted by molar-refractivity contribution is 14.0. The molecule has 1 unspecified atom stereocenters. The highest BCUT2D eigenvalue weighted by Crippen LogP contribution is 2.17. The summed E-state index contributed by atoms with van der Waals surface area (Å²) in [5.41, 5.74) is 1.12. The van der Waals surface area contributed by atoms with E-state index in [9.17, 15) is 0 Å². The molecule has 0 aromatic heterocycles. The van der Waals surface area contributed by atoms with Gasteiger partial charge in [0.1, 0.15) is 0 Å². The molecule has 136 valence electrons. The van der Waals surface area contributed by atoms with Gasteiger partial charge < -0.3 is 15.1 Å². The maximum atomic E-state index is 6.25. The second-order valence-electron chi connectivity index (χ2n) is 6.28. The third-order valence-electron chi connectivity index (χ3n) is 4.54. The number of hydrogen-bond acceptors (Lipinski definition) is 2. The maximum absolute atomic E-state index is 6.25. The molecule has 1 saturated heterocycles. The molecule has 1 N–H and O–H groups in total. The molecule has 4 nitrogen and oxygen atoms in total. The van der Waals surface area contributed by atoms with Crippen molar-refractivity contribution in [3.63, 3.8) is 0 Å². The Kier molecular flexibility index (Phi) is 10.0. The van der Waals surface area contributed by atoms with Crippen molar-refractivity contribution in [3.05, 3.63) is 34.9 Å². The number of hydrogen-bond donors (Lipinski definition) is 1. The van der Waals surface area contributed by atoms with E-state index < -0.39 is 0 Å². The molecule has 0 aliphatic carbocycles. The number of likely N-dealkylation sites (tertiary alicyclic amines) is 1. The number of halogens is 2. The van der Waals surface area contributed by atoms with Crippen LogP contribution in [0.5, 0.6) is 0 Å². The van der Waals surface area contributed by atoms with Gasteiger partial charge in [-0.3, -0.25) is 4.99 Å². The monoisotopic (exact) mass is 464 g/mol. The minimum Gasteiger partial charge on any atom is -0.356 e. The summed E-state index contributed by atoms with van der Waals surface area (Å²) >= 11 is 6.25. The van der Waals surface area contributed by atoms with Gasteiger partial charge in [-0.1, -0.05) is 36.7 Å². The average molecular weight is 465 g/mol. The van der Waals surface area contributed by atoms with E-state index in [4.69, 9.17) is 11.6 Å². The van der Waals surface area contributed by atoms with Gasteiger partial charge in [-0.05, 0) is 43.5 Å². The standard InChI is InChI=1S/C18H29ClN4.HI/c1-4-23-11-7-8-15(13-23)12-21-18(20-2)22(3)14-16-9-5-6-10-17(16)19;/h5-6,9-10,15H,4,7-8,11-14H2,1-3H3,(H,20,21);1H. The Hall–Kier alpha value is -0.530. The highest BCUT2D eigenvalue weighted by Gasteiger charge is 2.19. The van der Waals surface area contributed by atoms with Gasteiger partial charge in [0.25, 0.3) is 0 Å². The molecule has 1 aromatic rings. The summed E-state index contributed by atoms with van der Waals surface area (Å²) in [5.74, 6) is 1.63. The lowest BCUT2D eigenvalue weighted by atomic mass is 9.98. The molecule has 0 saturated carbocycles. The van der Waals surface area contributed by atoms with E-state index in [0.29, 0.717) is 5.92 Å². The van der Waals surface area contributed by atoms with Crippen molar-refractivity contribution in [2.45, 2.75) is 26.3 Å².